The van der Waals surface area contributed by atoms with Crippen LogP contribution in [-0.4, -0.2) is 56.2 Å². The number of thiophene rings is 1. The highest BCUT2D eigenvalue weighted by molar-refractivity contribution is 7.19. The second-order valence-electron chi connectivity index (χ2n) is 9.64. The molecule has 0 aliphatic carbocycles. The van der Waals surface area contributed by atoms with Gasteiger partial charge >= 0.3 is 0 Å². The van der Waals surface area contributed by atoms with E-state index in [4.69, 9.17) is 18.6 Å². The number of amides is 2. The smallest absolute Gasteiger partial charge is 0.277 e. The Hall–Kier alpha value is -3.89. The van der Waals surface area contributed by atoms with Gasteiger partial charge in [-0.3, -0.25) is 9.59 Å². The Balaban J connectivity index is 1.83. The highest BCUT2D eigenvalue weighted by atomic mass is 32.1. The van der Waals surface area contributed by atoms with E-state index in [1.807, 2.05) is 26.0 Å². The van der Waals surface area contributed by atoms with E-state index < -0.39 is 11.9 Å². The van der Waals surface area contributed by atoms with E-state index in [2.05, 4.69) is 22.4 Å². The minimum absolute atomic E-state index is 0.152. The fourth-order valence-corrected chi connectivity index (χ4v) is 5.89. The first-order valence-corrected chi connectivity index (χ1v) is 14.4. The quantitative estimate of drug-likeness (QED) is 0.191. The average molecular weight is 580 g/mol. The summed E-state index contributed by atoms with van der Waals surface area (Å²) in [6.07, 6.45) is 3.44. The van der Waals surface area contributed by atoms with Crippen LogP contribution in [0.5, 0.6) is 11.5 Å². The van der Waals surface area contributed by atoms with Crippen LogP contribution in [0.3, 0.4) is 0 Å². The molecular formula is C31H37N3O6S. The topological polar surface area (TPSA) is 103 Å². The Labute approximate surface area is 244 Å². The molecule has 0 saturated carbocycles. The number of carbonyl (C=O) groups is 2. The summed E-state index contributed by atoms with van der Waals surface area (Å²) in [7, 11) is 4.71. The second-order valence-corrected chi connectivity index (χ2v) is 10.8. The van der Waals surface area contributed by atoms with Gasteiger partial charge in [-0.1, -0.05) is 25.1 Å². The van der Waals surface area contributed by atoms with Gasteiger partial charge in [0.2, 0.25) is 5.91 Å². The number of nitrogens with zero attached hydrogens (tertiary/aromatic N) is 2. The lowest BCUT2D eigenvalue weighted by molar-refractivity contribution is -0.126. The second kappa shape index (κ2) is 14.1. The predicted octanol–water partition coefficient (Wildman–Crippen LogP) is 5.70. The van der Waals surface area contributed by atoms with Gasteiger partial charge in [0.05, 0.1) is 20.8 Å². The molecule has 1 atom stereocenters. The number of hydrogen-bond acceptors (Lipinski definition) is 8. The van der Waals surface area contributed by atoms with Crippen molar-refractivity contribution in [2.75, 3.05) is 34.5 Å². The van der Waals surface area contributed by atoms with Gasteiger partial charge in [-0.25, -0.2) is 4.98 Å². The van der Waals surface area contributed by atoms with Crippen LogP contribution >= 0.6 is 11.3 Å². The highest BCUT2D eigenvalue weighted by Crippen LogP contribution is 2.36. The number of aromatic nitrogens is 1. The zero-order valence-corrected chi connectivity index (χ0v) is 25.0. The average Bonchev–Trinajstić information content (AvgIpc) is 3.59. The largest absolute Gasteiger partial charge is 0.497 e. The van der Waals surface area contributed by atoms with Crippen molar-refractivity contribution in [1.82, 2.24) is 15.2 Å². The molecule has 4 rings (SSSR count). The van der Waals surface area contributed by atoms with E-state index in [-0.39, 0.29) is 18.1 Å². The highest BCUT2D eigenvalue weighted by Gasteiger charge is 2.35. The predicted molar refractivity (Wildman–Crippen MR) is 159 cm³/mol. The molecule has 2 aromatic carbocycles. The summed E-state index contributed by atoms with van der Waals surface area (Å²) in [6.45, 7) is 5.14. The number of benzene rings is 2. The molecule has 10 heteroatoms. The molecule has 41 heavy (non-hydrogen) atoms. The van der Waals surface area contributed by atoms with Crippen LogP contribution < -0.4 is 14.8 Å². The molecule has 218 valence electrons. The lowest BCUT2D eigenvalue weighted by Crippen LogP contribution is -2.44. The molecule has 2 heterocycles. The van der Waals surface area contributed by atoms with Gasteiger partial charge < -0.3 is 28.8 Å². The first kappa shape index (κ1) is 30.1. The number of methoxy groups -OCH3 is 3. The molecular weight excluding hydrogens is 542 g/mol. The van der Waals surface area contributed by atoms with Crippen LogP contribution in [0.2, 0.25) is 0 Å². The maximum absolute atomic E-state index is 14.2. The van der Waals surface area contributed by atoms with Crippen LogP contribution in [0, 0.1) is 6.92 Å². The molecule has 1 unspecified atom stereocenters. The Morgan fingerprint density at radius 2 is 1.83 bits per heavy atom. The van der Waals surface area contributed by atoms with Gasteiger partial charge in [-0.05, 0) is 54.5 Å². The Kier molecular flexibility index (Phi) is 10.4. The molecule has 9 nitrogen and oxygen atoms in total. The van der Waals surface area contributed by atoms with Crippen molar-refractivity contribution < 1.29 is 28.2 Å². The summed E-state index contributed by atoms with van der Waals surface area (Å²) in [5.74, 6) is 0.757. The molecule has 4 aromatic rings. The van der Waals surface area contributed by atoms with Crippen LogP contribution in [0.4, 0.5) is 0 Å². The first-order valence-electron chi connectivity index (χ1n) is 13.6. The maximum Gasteiger partial charge on any atom is 0.277 e. The third kappa shape index (κ3) is 7.07. The summed E-state index contributed by atoms with van der Waals surface area (Å²) in [5.41, 5.74) is 1.77. The fourth-order valence-electron chi connectivity index (χ4n) is 4.68. The Bertz CT molecular complexity index is 1460. The Morgan fingerprint density at radius 3 is 2.49 bits per heavy atom. The first-order chi connectivity index (χ1) is 19.9. The van der Waals surface area contributed by atoms with E-state index in [0.717, 1.165) is 26.9 Å². The number of rotatable bonds is 14. The van der Waals surface area contributed by atoms with Crippen LogP contribution in [0.25, 0.3) is 10.1 Å². The standard InChI is InChI=1S/C31H37N3O6S/c1-6-10-28-33-25(19-40-28)31(36)34(18-27-20(2)24-11-7-8-12-26(24)41-27)29(30(35)32-13-9-14-37-3)21-15-22(38-4)17-23(16-21)39-5/h7-8,11-12,15-17,19,29H,6,9-10,13-14,18H2,1-5H3,(H,32,35). The molecule has 2 aromatic heterocycles. The number of oxazole rings is 1. The number of carbonyl (C=O) groups excluding carboxylic acids is 2. The molecule has 0 radical (unpaired) electrons. The monoisotopic (exact) mass is 579 g/mol. The third-order valence-corrected chi connectivity index (χ3v) is 8.08. The SMILES string of the molecule is CCCc1nc(C(=O)N(Cc2sc3ccccc3c2C)C(C(=O)NCCCOC)c2cc(OC)cc(OC)c2)co1. The van der Waals surface area contributed by atoms with Crippen LogP contribution in [0.1, 0.15) is 58.2 Å². The van der Waals surface area contributed by atoms with Crippen LogP contribution in [0.15, 0.2) is 53.1 Å². The summed E-state index contributed by atoms with van der Waals surface area (Å²) in [6, 6.07) is 12.4. The van der Waals surface area contributed by atoms with Gasteiger partial charge in [0, 0.05) is 42.3 Å². The van der Waals surface area contributed by atoms with Crippen molar-refractivity contribution in [2.45, 2.75) is 45.7 Å². The molecule has 2 amide bonds. The van der Waals surface area contributed by atoms with Crippen molar-refractivity contribution in [3.63, 3.8) is 0 Å². The van der Waals surface area contributed by atoms with E-state index in [1.165, 1.54) is 6.26 Å². The minimum Gasteiger partial charge on any atom is -0.497 e. The van der Waals surface area contributed by atoms with Crippen molar-refractivity contribution >= 4 is 33.2 Å². The molecule has 0 aliphatic heterocycles. The number of fused-ring (bicyclic) bond motifs is 1. The molecule has 0 bridgehead atoms. The maximum atomic E-state index is 14.2. The molecule has 0 spiro atoms. The Morgan fingerprint density at radius 1 is 1.10 bits per heavy atom. The van der Waals surface area contributed by atoms with Gasteiger partial charge in [-0.2, -0.15) is 0 Å². The number of nitrogens with one attached hydrogen (secondary N) is 1. The molecule has 0 saturated heterocycles. The normalized spacial score (nSPS) is 11.8. The van der Waals surface area contributed by atoms with Crippen LogP contribution in [-0.2, 0) is 22.5 Å². The van der Waals surface area contributed by atoms with Crippen molar-refractivity contribution in [2.24, 2.45) is 0 Å². The van der Waals surface area contributed by atoms with Gasteiger partial charge in [0.15, 0.2) is 11.6 Å². The zero-order valence-electron chi connectivity index (χ0n) is 24.2. The van der Waals surface area contributed by atoms with E-state index in [1.54, 1.807) is 55.8 Å². The van der Waals surface area contributed by atoms with Crippen molar-refractivity contribution in [1.29, 1.82) is 0 Å². The van der Waals surface area contributed by atoms with Gasteiger partial charge in [-0.15, -0.1) is 11.3 Å². The summed E-state index contributed by atoms with van der Waals surface area (Å²) >= 11 is 1.61. The minimum atomic E-state index is -1.01. The van der Waals surface area contributed by atoms with Gasteiger partial charge in [0.1, 0.15) is 23.8 Å². The lowest BCUT2D eigenvalue weighted by atomic mass is 10.0. The van der Waals surface area contributed by atoms with Crippen molar-refractivity contribution in [3.8, 4) is 11.5 Å². The van der Waals surface area contributed by atoms with Gasteiger partial charge in [0.25, 0.3) is 5.91 Å². The lowest BCUT2D eigenvalue weighted by Gasteiger charge is -2.31. The van der Waals surface area contributed by atoms with Crippen molar-refractivity contribution in [3.05, 3.63) is 76.3 Å². The summed E-state index contributed by atoms with van der Waals surface area (Å²) in [4.78, 5) is 35.2. The third-order valence-electron chi connectivity index (χ3n) is 6.83. The van der Waals surface area contributed by atoms with E-state index >= 15 is 0 Å². The van der Waals surface area contributed by atoms with E-state index in [9.17, 15) is 9.59 Å². The number of aryl methyl sites for hydroxylation is 2. The fraction of sp³-hybridized carbons (Fsp3) is 0.387. The molecule has 1 N–H and O–H groups in total. The molecule has 0 fully saturated rings. The zero-order chi connectivity index (χ0) is 29.4. The molecule has 0 aliphatic rings. The van der Waals surface area contributed by atoms with E-state index in [0.29, 0.717) is 48.9 Å². The number of hydrogen-bond donors (Lipinski definition) is 1. The summed E-state index contributed by atoms with van der Waals surface area (Å²) < 4.78 is 22.9. The summed E-state index contributed by atoms with van der Waals surface area (Å²) in [5, 5.41) is 4.12. The number of ether oxygens (including phenoxy) is 3.